The highest BCUT2D eigenvalue weighted by atomic mass is 35.5. The zero-order valence-corrected chi connectivity index (χ0v) is 15.9. The molecule has 24 heavy (non-hydrogen) atoms. The van der Waals surface area contributed by atoms with E-state index < -0.39 is 10.0 Å². The number of nitrogens with one attached hydrogen (secondary N) is 3. The maximum Gasteiger partial charge on any atom is 0.251 e. The van der Waals surface area contributed by atoms with Crippen molar-refractivity contribution in [2.24, 2.45) is 0 Å². The highest BCUT2D eigenvalue weighted by Gasteiger charge is 2.15. The van der Waals surface area contributed by atoms with Gasteiger partial charge in [-0.2, -0.15) is 0 Å². The zero-order valence-electron chi connectivity index (χ0n) is 13.4. The Kier molecular flexibility index (Phi) is 10.5. The van der Waals surface area contributed by atoms with Crippen LogP contribution in [0.1, 0.15) is 10.4 Å². The van der Waals surface area contributed by atoms with Crippen LogP contribution in [0.5, 0.6) is 0 Å². The summed E-state index contributed by atoms with van der Waals surface area (Å²) in [6, 6.07) is 5.89. The van der Waals surface area contributed by atoms with Gasteiger partial charge in [0.1, 0.15) is 0 Å². The number of hydrogen-bond donors (Lipinski definition) is 3. The van der Waals surface area contributed by atoms with E-state index in [4.69, 9.17) is 0 Å². The predicted molar refractivity (Wildman–Crippen MR) is 98.8 cm³/mol. The predicted octanol–water partition coefficient (Wildman–Crippen LogP) is 0.0733. The molecule has 0 aromatic heterocycles. The quantitative estimate of drug-likeness (QED) is 0.630. The first-order valence-corrected chi connectivity index (χ1v) is 8.76. The Balaban J connectivity index is 0.00000264. The molecule has 10 heteroatoms. The molecule has 1 aliphatic rings. The number of carbonyl (C=O) groups is 1. The number of sulfonamides is 1. The maximum absolute atomic E-state index is 12.2. The molecule has 1 aliphatic heterocycles. The van der Waals surface area contributed by atoms with E-state index in [1.165, 1.54) is 31.3 Å². The molecular formula is C14H24Cl2N4O3S. The van der Waals surface area contributed by atoms with Crippen LogP contribution in [-0.4, -0.2) is 65.5 Å². The zero-order chi connectivity index (χ0) is 16.0. The summed E-state index contributed by atoms with van der Waals surface area (Å²) in [6.45, 7) is 4.81. The molecule has 1 heterocycles. The van der Waals surface area contributed by atoms with Crippen molar-refractivity contribution < 1.29 is 13.2 Å². The molecule has 0 spiro atoms. The summed E-state index contributed by atoms with van der Waals surface area (Å²) in [5.74, 6) is -0.240. The third-order valence-corrected chi connectivity index (χ3v) is 5.06. The first-order valence-electron chi connectivity index (χ1n) is 7.28. The minimum absolute atomic E-state index is 0. The SMILES string of the molecule is CNC(=O)c1ccc(S(=O)(=O)NCCN2CCNCC2)cc1.Cl.Cl. The van der Waals surface area contributed by atoms with E-state index in [1.54, 1.807) is 0 Å². The highest BCUT2D eigenvalue weighted by Crippen LogP contribution is 2.10. The molecule has 2 rings (SSSR count). The van der Waals surface area contributed by atoms with Gasteiger partial charge in [-0.25, -0.2) is 13.1 Å². The number of piperazine rings is 1. The van der Waals surface area contributed by atoms with Crippen LogP contribution in [0.25, 0.3) is 0 Å². The Morgan fingerprint density at radius 2 is 1.75 bits per heavy atom. The lowest BCUT2D eigenvalue weighted by atomic mass is 10.2. The van der Waals surface area contributed by atoms with E-state index in [9.17, 15) is 13.2 Å². The molecule has 7 nitrogen and oxygen atoms in total. The van der Waals surface area contributed by atoms with Crippen LogP contribution in [0.15, 0.2) is 29.2 Å². The monoisotopic (exact) mass is 398 g/mol. The van der Waals surface area contributed by atoms with Crippen LogP contribution < -0.4 is 15.4 Å². The van der Waals surface area contributed by atoms with Gasteiger partial charge in [-0.3, -0.25) is 9.69 Å². The molecule has 3 N–H and O–H groups in total. The largest absolute Gasteiger partial charge is 0.355 e. The second kappa shape index (κ2) is 10.9. The lowest BCUT2D eigenvalue weighted by molar-refractivity contribution is 0.0963. The second-order valence-electron chi connectivity index (χ2n) is 5.09. The van der Waals surface area contributed by atoms with Gasteiger partial charge in [0, 0.05) is 51.9 Å². The number of hydrogen-bond acceptors (Lipinski definition) is 5. The average Bonchev–Trinajstić information content (AvgIpc) is 2.55. The first-order chi connectivity index (χ1) is 10.5. The minimum atomic E-state index is -3.53. The summed E-state index contributed by atoms with van der Waals surface area (Å²) >= 11 is 0. The number of rotatable bonds is 6. The van der Waals surface area contributed by atoms with Crippen molar-refractivity contribution in [3.05, 3.63) is 29.8 Å². The van der Waals surface area contributed by atoms with Crippen LogP contribution >= 0.6 is 24.8 Å². The van der Waals surface area contributed by atoms with Gasteiger partial charge in [-0.05, 0) is 24.3 Å². The van der Waals surface area contributed by atoms with Crippen LogP contribution in [0.2, 0.25) is 0 Å². The van der Waals surface area contributed by atoms with Gasteiger partial charge in [0.15, 0.2) is 0 Å². The minimum Gasteiger partial charge on any atom is -0.355 e. The first kappa shape index (κ1) is 23.1. The molecule has 1 amide bonds. The molecule has 1 saturated heterocycles. The molecule has 0 aliphatic carbocycles. The fourth-order valence-electron chi connectivity index (χ4n) is 2.29. The fraction of sp³-hybridized carbons (Fsp3) is 0.500. The summed E-state index contributed by atoms with van der Waals surface area (Å²) < 4.78 is 27.0. The Hall–Kier alpha value is -0.900. The van der Waals surface area contributed by atoms with Gasteiger partial charge >= 0.3 is 0 Å². The summed E-state index contributed by atoms with van der Waals surface area (Å²) in [6.07, 6.45) is 0. The Bertz CT molecular complexity index is 605. The van der Waals surface area contributed by atoms with E-state index in [0.29, 0.717) is 18.7 Å². The third kappa shape index (κ3) is 6.54. The van der Waals surface area contributed by atoms with Crippen LogP contribution in [0.4, 0.5) is 0 Å². The Morgan fingerprint density at radius 3 is 2.29 bits per heavy atom. The topological polar surface area (TPSA) is 90.5 Å². The molecule has 0 radical (unpaired) electrons. The second-order valence-corrected chi connectivity index (χ2v) is 6.86. The highest BCUT2D eigenvalue weighted by molar-refractivity contribution is 7.89. The van der Waals surface area contributed by atoms with E-state index >= 15 is 0 Å². The maximum atomic E-state index is 12.2. The summed E-state index contributed by atoms with van der Waals surface area (Å²) in [5, 5.41) is 5.75. The van der Waals surface area contributed by atoms with Crippen molar-refractivity contribution >= 4 is 40.7 Å². The van der Waals surface area contributed by atoms with Gasteiger partial charge in [-0.1, -0.05) is 0 Å². The molecule has 138 valence electrons. The summed E-state index contributed by atoms with van der Waals surface area (Å²) in [4.78, 5) is 13.8. The molecule has 1 fully saturated rings. The Morgan fingerprint density at radius 1 is 1.17 bits per heavy atom. The lowest BCUT2D eigenvalue weighted by Gasteiger charge is -2.27. The number of nitrogens with zero attached hydrogens (tertiary/aromatic N) is 1. The van der Waals surface area contributed by atoms with Gasteiger partial charge in [0.25, 0.3) is 5.91 Å². The number of carbonyl (C=O) groups excluding carboxylic acids is 1. The number of amides is 1. The molecule has 0 saturated carbocycles. The molecule has 1 aromatic rings. The molecule has 1 aromatic carbocycles. The molecular weight excluding hydrogens is 375 g/mol. The van der Waals surface area contributed by atoms with Crippen molar-refractivity contribution in [1.29, 1.82) is 0 Å². The fourth-order valence-corrected chi connectivity index (χ4v) is 3.31. The number of benzene rings is 1. The van der Waals surface area contributed by atoms with E-state index in [2.05, 4.69) is 20.3 Å². The van der Waals surface area contributed by atoms with Gasteiger partial charge in [0.05, 0.1) is 4.90 Å². The lowest BCUT2D eigenvalue weighted by Crippen LogP contribution is -2.46. The van der Waals surface area contributed by atoms with Crippen LogP contribution in [0.3, 0.4) is 0 Å². The van der Waals surface area contributed by atoms with Crippen molar-refractivity contribution in [3.8, 4) is 0 Å². The summed E-state index contributed by atoms with van der Waals surface area (Å²) in [5.41, 5.74) is 0.433. The van der Waals surface area contributed by atoms with E-state index in [0.717, 1.165) is 26.2 Å². The van der Waals surface area contributed by atoms with Gasteiger partial charge < -0.3 is 10.6 Å². The normalized spacial score (nSPS) is 15.0. The summed E-state index contributed by atoms with van der Waals surface area (Å²) in [7, 11) is -2.00. The van der Waals surface area contributed by atoms with Crippen molar-refractivity contribution in [2.75, 3.05) is 46.3 Å². The van der Waals surface area contributed by atoms with E-state index in [-0.39, 0.29) is 35.6 Å². The molecule has 0 unspecified atom stereocenters. The third-order valence-electron chi connectivity index (χ3n) is 3.58. The van der Waals surface area contributed by atoms with Gasteiger partial charge in [0.2, 0.25) is 10.0 Å². The van der Waals surface area contributed by atoms with E-state index in [1.807, 2.05) is 0 Å². The van der Waals surface area contributed by atoms with Crippen molar-refractivity contribution in [2.45, 2.75) is 4.90 Å². The van der Waals surface area contributed by atoms with Crippen molar-refractivity contribution in [3.63, 3.8) is 0 Å². The standard InChI is InChI=1S/C14H22N4O3S.2ClH/c1-15-14(19)12-2-4-13(5-3-12)22(20,21)17-8-11-18-9-6-16-7-10-18;;/h2-5,16-17H,6-11H2,1H3,(H,15,19);2*1H. The van der Waals surface area contributed by atoms with Crippen LogP contribution in [0, 0.1) is 0 Å². The Labute approximate surface area is 155 Å². The average molecular weight is 399 g/mol. The van der Waals surface area contributed by atoms with Gasteiger partial charge in [-0.15, -0.1) is 24.8 Å². The van der Waals surface area contributed by atoms with Crippen molar-refractivity contribution in [1.82, 2.24) is 20.3 Å². The van der Waals surface area contributed by atoms with Crippen LogP contribution in [-0.2, 0) is 10.0 Å². The molecule has 0 bridgehead atoms. The smallest absolute Gasteiger partial charge is 0.251 e. The number of halogens is 2. The molecule has 0 atom stereocenters.